The molecule has 1 N–H and O–H groups in total. The zero-order valence-electron chi connectivity index (χ0n) is 20.9. The predicted molar refractivity (Wildman–Crippen MR) is 156 cm³/mol. The summed E-state index contributed by atoms with van der Waals surface area (Å²) in [4.78, 5) is 28.9. The molecule has 8 heteroatoms. The summed E-state index contributed by atoms with van der Waals surface area (Å²) < 4.78 is 0. The lowest BCUT2D eigenvalue weighted by atomic mass is 10.0. The first-order valence-electron chi connectivity index (χ1n) is 12.2. The SMILES string of the molecule is CC[C@@H](C)NC(=O)[C@H](Cc1ccccc1)N(Cc1cccc(Cl)c1)C(=O)CSCc1c(Cl)cccc1Cl. The minimum atomic E-state index is -0.688. The molecule has 0 heterocycles. The topological polar surface area (TPSA) is 49.4 Å². The van der Waals surface area contributed by atoms with Crippen molar-refractivity contribution in [1.29, 1.82) is 0 Å². The van der Waals surface area contributed by atoms with E-state index < -0.39 is 6.04 Å². The average Bonchev–Trinajstić information content (AvgIpc) is 2.88. The number of nitrogens with zero attached hydrogens (tertiary/aromatic N) is 1. The van der Waals surface area contributed by atoms with E-state index in [0.717, 1.165) is 23.1 Å². The number of benzene rings is 3. The molecule has 0 bridgehead atoms. The van der Waals surface area contributed by atoms with Gasteiger partial charge in [0.2, 0.25) is 11.8 Å². The molecular weight excluding hydrogens is 547 g/mol. The molecule has 37 heavy (non-hydrogen) atoms. The number of amides is 2. The molecule has 0 saturated heterocycles. The van der Waals surface area contributed by atoms with Crippen molar-refractivity contribution in [2.45, 2.75) is 51.1 Å². The van der Waals surface area contributed by atoms with Crippen molar-refractivity contribution >= 4 is 58.4 Å². The van der Waals surface area contributed by atoms with Gasteiger partial charge in [0.05, 0.1) is 5.75 Å². The molecule has 0 aliphatic carbocycles. The molecule has 0 radical (unpaired) electrons. The lowest BCUT2D eigenvalue weighted by molar-refractivity contribution is -0.139. The van der Waals surface area contributed by atoms with Crippen LogP contribution in [0.1, 0.15) is 37.0 Å². The molecular formula is C29H31Cl3N2O2S. The molecule has 2 amide bonds. The van der Waals surface area contributed by atoms with Gasteiger partial charge in [-0.3, -0.25) is 9.59 Å². The Hall–Kier alpha value is -2.18. The van der Waals surface area contributed by atoms with Crippen molar-refractivity contribution in [3.63, 3.8) is 0 Å². The van der Waals surface area contributed by atoms with Crippen LogP contribution in [0.25, 0.3) is 0 Å². The Morgan fingerprint density at radius 3 is 2.22 bits per heavy atom. The van der Waals surface area contributed by atoms with Crippen LogP contribution >= 0.6 is 46.6 Å². The highest BCUT2D eigenvalue weighted by Crippen LogP contribution is 2.28. The van der Waals surface area contributed by atoms with Gasteiger partial charge in [0.1, 0.15) is 6.04 Å². The molecule has 0 aliphatic heterocycles. The summed E-state index contributed by atoms with van der Waals surface area (Å²) in [6.45, 7) is 4.24. The van der Waals surface area contributed by atoms with Crippen LogP contribution in [0, 0.1) is 0 Å². The van der Waals surface area contributed by atoms with E-state index in [9.17, 15) is 9.59 Å². The van der Waals surface area contributed by atoms with Gasteiger partial charge < -0.3 is 10.2 Å². The van der Waals surface area contributed by atoms with E-state index in [1.165, 1.54) is 11.8 Å². The van der Waals surface area contributed by atoms with E-state index in [2.05, 4.69) is 5.32 Å². The van der Waals surface area contributed by atoms with Gasteiger partial charge >= 0.3 is 0 Å². The summed E-state index contributed by atoms with van der Waals surface area (Å²) >= 11 is 20.3. The first-order valence-corrected chi connectivity index (χ1v) is 14.5. The summed E-state index contributed by atoms with van der Waals surface area (Å²) in [6, 6.07) is 21.8. The van der Waals surface area contributed by atoms with Crippen LogP contribution in [0.15, 0.2) is 72.8 Å². The summed E-state index contributed by atoms with van der Waals surface area (Å²) in [5.41, 5.74) is 2.63. The third-order valence-corrected chi connectivity index (χ3v) is 7.93. The Labute approximate surface area is 238 Å². The van der Waals surface area contributed by atoms with Gasteiger partial charge in [-0.25, -0.2) is 0 Å². The average molecular weight is 578 g/mol. The third kappa shape index (κ3) is 8.96. The standard InChI is InChI=1S/C29H31Cl3N2O2S/c1-3-20(2)33-29(36)27(16-21-9-5-4-6-10-21)34(17-22-11-7-12-23(30)15-22)28(35)19-37-18-24-25(31)13-8-14-26(24)32/h4-15,20,27H,3,16-19H2,1-2H3,(H,33,36)/t20-,27+/m1/s1. The van der Waals surface area contributed by atoms with Gasteiger partial charge in [0.15, 0.2) is 0 Å². The van der Waals surface area contributed by atoms with Gasteiger partial charge in [-0.1, -0.05) is 90.3 Å². The summed E-state index contributed by atoms with van der Waals surface area (Å²) in [5, 5.41) is 4.79. The quantitative estimate of drug-likeness (QED) is 0.243. The minimum absolute atomic E-state index is 0.00867. The fraction of sp³-hybridized carbons (Fsp3) is 0.310. The van der Waals surface area contributed by atoms with Crippen molar-refractivity contribution in [1.82, 2.24) is 10.2 Å². The van der Waals surface area contributed by atoms with Crippen molar-refractivity contribution in [3.05, 3.63) is 105 Å². The zero-order valence-corrected chi connectivity index (χ0v) is 24.0. The Morgan fingerprint density at radius 1 is 0.919 bits per heavy atom. The maximum atomic E-state index is 13.7. The molecule has 2 atom stereocenters. The first kappa shape index (κ1) is 29.4. The Bertz CT molecular complexity index is 1170. The van der Waals surface area contributed by atoms with E-state index in [4.69, 9.17) is 34.8 Å². The third-order valence-electron chi connectivity index (χ3n) is 6.05. The molecule has 0 spiro atoms. The van der Waals surface area contributed by atoms with Crippen molar-refractivity contribution < 1.29 is 9.59 Å². The Morgan fingerprint density at radius 2 is 1.57 bits per heavy atom. The summed E-state index contributed by atoms with van der Waals surface area (Å²) in [5.74, 6) is 0.336. The van der Waals surface area contributed by atoms with Crippen molar-refractivity contribution in [3.8, 4) is 0 Å². The Kier molecular flexibility index (Phi) is 11.7. The fourth-order valence-electron chi connectivity index (χ4n) is 3.82. The number of carbonyl (C=O) groups excluding carboxylic acids is 2. The molecule has 196 valence electrons. The molecule has 0 aromatic heterocycles. The van der Waals surface area contributed by atoms with E-state index in [1.807, 2.05) is 62.4 Å². The number of rotatable bonds is 12. The smallest absolute Gasteiger partial charge is 0.243 e. The summed E-state index contributed by atoms with van der Waals surface area (Å²) in [6.07, 6.45) is 1.19. The zero-order chi connectivity index (χ0) is 26.8. The van der Waals surface area contributed by atoms with Crippen LogP contribution in [0.4, 0.5) is 0 Å². The highest BCUT2D eigenvalue weighted by Gasteiger charge is 2.31. The molecule has 0 aliphatic rings. The van der Waals surface area contributed by atoms with E-state index >= 15 is 0 Å². The molecule has 0 fully saturated rings. The minimum Gasteiger partial charge on any atom is -0.352 e. The van der Waals surface area contributed by atoms with Crippen LogP contribution in [0.3, 0.4) is 0 Å². The maximum absolute atomic E-state index is 13.7. The van der Waals surface area contributed by atoms with Gasteiger partial charge in [-0.05, 0) is 54.3 Å². The van der Waals surface area contributed by atoms with Crippen LogP contribution in [-0.4, -0.2) is 34.6 Å². The molecule has 4 nitrogen and oxygen atoms in total. The van der Waals surface area contributed by atoms with Crippen LogP contribution < -0.4 is 5.32 Å². The molecule has 0 unspecified atom stereocenters. The predicted octanol–water partition coefficient (Wildman–Crippen LogP) is 7.43. The van der Waals surface area contributed by atoms with E-state index in [0.29, 0.717) is 27.2 Å². The number of hydrogen-bond acceptors (Lipinski definition) is 3. The number of thioether (sulfide) groups is 1. The van der Waals surface area contributed by atoms with Gasteiger partial charge in [-0.15, -0.1) is 11.8 Å². The second-order valence-electron chi connectivity index (χ2n) is 8.87. The molecule has 3 aromatic carbocycles. The number of hydrogen-bond donors (Lipinski definition) is 1. The van der Waals surface area contributed by atoms with Crippen molar-refractivity contribution in [2.75, 3.05) is 5.75 Å². The molecule has 3 aromatic rings. The van der Waals surface area contributed by atoms with Gasteiger partial charge in [-0.2, -0.15) is 0 Å². The van der Waals surface area contributed by atoms with Crippen LogP contribution in [0.5, 0.6) is 0 Å². The van der Waals surface area contributed by atoms with Crippen LogP contribution in [-0.2, 0) is 28.3 Å². The number of nitrogens with one attached hydrogen (secondary N) is 1. The molecule has 3 rings (SSSR count). The maximum Gasteiger partial charge on any atom is 0.243 e. The second-order valence-corrected chi connectivity index (χ2v) is 11.1. The second kappa shape index (κ2) is 14.7. The normalized spacial score (nSPS) is 12.6. The lowest BCUT2D eigenvalue weighted by Gasteiger charge is -2.32. The van der Waals surface area contributed by atoms with E-state index in [1.54, 1.807) is 29.2 Å². The van der Waals surface area contributed by atoms with Gasteiger partial charge in [0.25, 0.3) is 0 Å². The first-order chi connectivity index (χ1) is 17.8. The van der Waals surface area contributed by atoms with E-state index in [-0.39, 0.29) is 30.2 Å². The highest BCUT2D eigenvalue weighted by molar-refractivity contribution is 7.99. The Balaban J connectivity index is 1.88. The summed E-state index contributed by atoms with van der Waals surface area (Å²) in [7, 11) is 0. The van der Waals surface area contributed by atoms with Crippen molar-refractivity contribution in [2.24, 2.45) is 0 Å². The largest absolute Gasteiger partial charge is 0.352 e. The van der Waals surface area contributed by atoms with Gasteiger partial charge in [0, 0.05) is 39.8 Å². The molecule has 0 saturated carbocycles. The van der Waals surface area contributed by atoms with Crippen LogP contribution in [0.2, 0.25) is 15.1 Å². The fourth-order valence-corrected chi connectivity index (χ4v) is 5.68. The monoisotopic (exact) mass is 576 g/mol. The lowest BCUT2D eigenvalue weighted by Crippen LogP contribution is -2.52. The number of halogens is 3. The number of carbonyl (C=O) groups is 2. The highest BCUT2D eigenvalue weighted by atomic mass is 35.5.